The van der Waals surface area contributed by atoms with Gasteiger partial charge in [-0.05, 0) is 32.9 Å². The first kappa shape index (κ1) is 13.8. The third-order valence-electron chi connectivity index (χ3n) is 3.97. The average Bonchev–Trinajstić information content (AvgIpc) is 3.13. The fourth-order valence-electron chi connectivity index (χ4n) is 3.00. The van der Waals surface area contributed by atoms with E-state index in [0.29, 0.717) is 17.0 Å². The first-order valence-electron chi connectivity index (χ1n) is 7.52. The number of aryl methyl sites for hydroxylation is 1. The van der Waals surface area contributed by atoms with Crippen LogP contribution < -0.4 is 5.56 Å². The van der Waals surface area contributed by atoms with E-state index in [4.69, 9.17) is 4.52 Å². The number of imidazole rings is 1. The first-order chi connectivity index (χ1) is 11.1. The maximum absolute atomic E-state index is 13.1. The van der Waals surface area contributed by atoms with Crippen LogP contribution in [-0.2, 0) is 0 Å². The molecule has 0 aliphatic carbocycles. The van der Waals surface area contributed by atoms with Crippen molar-refractivity contribution in [1.82, 2.24) is 19.1 Å². The minimum absolute atomic E-state index is 0.0385. The Labute approximate surface area is 132 Å². The summed E-state index contributed by atoms with van der Waals surface area (Å²) in [6.07, 6.45) is 1.66. The van der Waals surface area contributed by atoms with E-state index in [-0.39, 0.29) is 11.6 Å². The van der Waals surface area contributed by atoms with Gasteiger partial charge in [-0.2, -0.15) is 0 Å². The molecule has 0 radical (unpaired) electrons. The van der Waals surface area contributed by atoms with Gasteiger partial charge in [0.25, 0.3) is 5.56 Å². The van der Waals surface area contributed by atoms with E-state index in [0.717, 1.165) is 16.7 Å². The Hall–Kier alpha value is -2.89. The second-order valence-electron chi connectivity index (χ2n) is 5.90. The van der Waals surface area contributed by atoms with Crippen LogP contribution in [0, 0.1) is 6.92 Å². The van der Waals surface area contributed by atoms with E-state index >= 15 is 0 Å². The predicted molar refractivity (Wildman–Crippen MR) is 87.6 cm³/mol. The number of hydrogen-bond donors (Lipinski definition) is 0. The molecule has 0 aliphatic rings. The van der Waals surface area contributed by atoms with Crippen LogP contribution in [0.15, 0.2) is 46.0 Å². The lowest BCUT2D eigenvalue weighted by Gasteiger charge is -2.15. The molecule has 0 aliphatic heterocycles. The van der Waals surface area contributed by atoms with Gasteiger partial charge in [0, 0.05) is 12.1 Å². The van der Waals surface area contributed by atoms with Crippen molar-refractivity contribution in [3.63, 3.8) is 0 Å². The molecule has 0 bridgehead atoms. The lowest BCUT2D eigenvalue weighted by Crippen LogP contribution is -2.24. The van der Waals surface area contributed by atoms with Crippen molar-refractivity contribution < 1.29 is 4.52 Å². The maximum Gasteiger partial charge on any atom is 0.278 e. The number of fused-ring (bicyclic) bond motifs is 3. The van der Waals surface area contributed by atoms with Gasteiger partial charge >= 0.3 is 0 Å². The molecule has 6 nitrogen and oxygen atoms in total. The van der Waals surface area contributed by atoms with Crippen molar-refractivity contribution in [2.45, 2.75) is 26.8 Å². The summed E-state index contributed by atoms with van der Waals surface area (Å²) in [5.74, 6) is 0.507. The first-order valence-corrected chi connectivity index (χ1v) is 7.52. The van der Waals surface area contributed by atoms with Crippen LogP contribution >= 0.6 is 0 Å². The summed E-state index contributed by atoms with van der Waals surface area (Å²) >= 11 is 0. The Kier molecular flexibility index (Phi) is 2.87. The molecule has 0 unspecified atom stereocenters. The van der Waals surface area contributed by atoms with Crippen molar-refractivity contribution in [2.24, 2.45) is 0 Å². The van der Waals surface area contributed by atoms with Gasteiger partial charge in [0.15, 0.2) is 5.76 Å². The smallest absolute Gasteiger partial charge is 0.278 e. The Morgan fingerprint density at radius 3 is 2.57 bits per heavy atom. The van der Waals surface area contributed by atoms with Crippen molar-refractivity contribution in [3.05, 3.63) is 52.7 Å². The summed E-state index contributed by atoms with van der Waals surface area (Å²) in [5, 5.41) is 3.90. The molecule has 0 fully saturated rings. The molecule has 0 amide bonds. The van der Waals surface area contributed by atoms with Gasteiger partial charge in [-0.1, -0.05) is 17.3 Å². The van der Waals surface area contributed by atoms with Gasteiger partial charge in [0.1, 0.15) is 17.5 Å². The highest BCUT2D eigenvalue weighted by Crippen LogP contribution is 2.25. The molecular formula is C17H16N4O2. The molecule has 3 aromatic heterocycles. The normalized spacial score (nSPS) is 11.8. The topological polar surface area (TPSA) is 65.3 Å². The van der Waals surface area contributed by atoms with E-state index < -0.39 is 0 Å². The van der Waals surface area contributed by atoms with Crippen molar-refractivity contribution in [3.8, 4) is 11.5 Å². The fourth-order valence-corrected chi connectivity index (χ4v) is 3.00. The predicted octanol–water partition coefficient (Wildman–Crippen LogP) is 3.19. The zero-order valence-electron chi connectivity index (χ0n) is 13.1. The average molecular weight is 308 g/mol. The van der Waals surface area contributed by atoms with E-state index in [1.54, 1.807) is 17.0 Å². The molecule has 0 atom stereocenters. The maximum atomic E-state index is 13.1. The molecule has 23 heavy (non-hydrogen) atoms. The fraction of sp³-hybridized carbons (Fsp3) is 0.235. The van der Waals surface area contributed by atoms with Gasteiger partial charge in [0.2, 0.25) is 0 Å². The third kappa shape index (κ3) is 1.91. The number of para-hydroxylation sites is 2. The van der Waals surface area contributed by atoms with E-state index in [1.807, 2.05) is 49.4 Å². The summed E-state index contributed by atoms with van der Waals surface area (Å²) in [5.41, 5.74) is 3.53. The molecule has 0 spiro atoms. The van der Waals surface area contributed by atoms with Crippen LogP contribution in [0.4, 0.5) is 0 Å². The molecule has 0 N–H and O–H groups in total. The minimum atomic E-state index is -0.0831. The van der Waals surface area contributed by atoms with Gasteiger partial charge in [0.05, 0.1) is 16.7 Å². The summed E-state index contributed by atoms with van der Waals surface area (Å²) in [4.78, 5) is 17.5. The van der Waals surface area contributed by atoms with Gasteiger partial charge < -0.3 is 9.09 Å². The Morgan fingerprint density at radius 2 is 1.91 bits per heavy atom. The molecule has 0 saturated carbocycles. The molecule has 4 rings (SSSR count). The van der Waals surface area contributed by atoms with Gasteiger partial charge in [-0.15, -0.1) is 0 Å². The van der Waals surface area contributed by atoms with Crippen molar-refractivity contribution in [2.75, 3.05) is 0 Å². The lowest BCUT2D eigenvalue weighted by molar-refractivity contribution is 0.426. The second-order valence-corrected chi connectivity index (χ2v) is 5.90. The molecule has 116 valence electrons. The van der Waals surface area contributed by atoms with Gasteiger partial charge in [-0.25, -0.2) is 4.98 Å². The second kappa shape index (κ2) is 4.81. The number of nitrogens with zero attached hydrogens (tertiary/aromatic N) is 4. The monoisotopic (exact) mass is 308 g/mol. The molecule has 4 aromatic rings. The van der Waals surface area contributed by atoms with Gasteiger partial charge in [-0.3, -0.25) is 9.20 Å². The van der Waals surface area contributed by atoms with Crippen LogP contribution in [0.1, 0.15) is 25.6 Å². The zero-order chi connectivity index (χ0) is 16.1. The molecule has 6 heteroatoms. The molecular weight excluding hydrogens is 292 g/mol. The Balaban J connectivity index is 2.20. The molecule has 0 saturated heterocycles. The highest BCUT2D eigenvalue weighted by molar-refractivity contribution is 5.84. The Morgan fingerprint density at radius 1 is 1.17 bits per heavy atom. The zero-order valence-corrected chi connectivity index (χ0v) is 13.1. The van der Waals surface area contributed by atoms with Crippen LogP contribution in [0.3, 0.4) is 0 Å². The molecule has 1 aromatic carbocycles. The standard InChI is InChI=1S/C17H16N4O2/c1-10(2)21-13-7-5-4-6-12(13)20-9-18-15(16(20)17(21)22)14-8-11(3)19-23-14/h4-10H,1-3H3. The number of benzene rings is 1. The van der Waals surface area contributed by atoms with E-state index in [2.05, 4.69) is 10.1 Å². The number of hydrogen-bond acceptors (Lipinski definition) is 4. The van der Waals surface area contributed by atoms with Crippen LogP contribution in [0.25, 0.3) is 28.0 Å². The van der Waals surface area contributed by atoms with Crippen LogP contribution in [0.5, 0.6) is 0 Å². The summed E-state index contributed by atoms with van der Waals surface area (Å²) < 4.78 is 8.92. The number of aromatic nitrogens is 4. The highest BCUT2D eigenvalue weighted by Gasteiger charge is 2.20. The summed E-state index contributed by atoms with van der Waals surface area (Å²) in [6.45, 7) is 5.84. The van der Waals surface area contributed by atoms with Crippen molar-refractivity contribution >= 4 is 16.6 Å². The third-order valence-corrected chi connectivity index (χ3v) is 3.97. The minimum Gasteiger partial charge on any atom is -0.354 e. The van der Waals surface area contributed by atoms with Crippen molar-refractivity contribution in [1.29, 1.82) is 0 Å². The van der Waals surface area contributed by atoms with Crippen LogP contribution in [0.2, 0.25) is 0 Å². The highest BCUT2D eigenvalue weighted by atomic mass is 16.5. The molecule has 3 heterocycles. The summed E-state index contributed by atoms with van der Waals surface area (Å²) in [6, 6.07) is 9.65. The van der Waals surface area contributed by atoms with Crippen LogP contribution in [-0.4, -0.2) is 19.1 Å². The quantitative estimate of drug-likeness (QED) is 0.570. The SMILES string of the molecule is Cc1cc(-c2ncn3c2c(=O)n(C(C)C)c2ccccc23)on1. The summed E-state index contributed by atoms with van der Waals surface area (Å²) in [7, 11) is 0. The Bertz CT molecular complexity index is 1090. The lowest BCUT2D eigenvalue weighted by atomic mass is 10.2. The van der Waals surface area contributed by atoms with E-state index in [1.165, 1.54) is 0 Å². The van der Waals surface area contributed by atoms with E-state index in [9.17, 15) is 4.79 Å². The number of rotatable bonds is 2. The largest absolute Gasteiger partial charge is 0.354 e.